The first-order valence-corrected chi connectivity index (χ1v) is 5.27. The van der Waals surface area contributed by atoms with Gasteiger partial charge in [-0.1, -0.05) is 18.2 Å². The van der Waals surface area contributed by atoms with Gasteiger partial charge in [0.15, 0.2) is 0 Å². The molecular formula is C12H15NO2. The molecule has 15 heavy (non-hydrogen) atoms. The summed E-state index contributed by atoms with van der Waals surface area (Å²) >= 11 is 0. The lowest BCUT2D eigenvalue weighted by Crippen LogP contribution is -2.09. The molecule has 0 aromatic heterocycles. The molecule has 0 saturated heterocycles. The van der Waals surface area contributed by atoms with E-state index in [1.165, 1.54) is 11.1 Å². The third-order valence-corrected chi connectivity index (χ3v) is 2.63. The van der Waals surface area contributed by atoms with E-state index in [9.17, 15) is 4.79 Å². The lowest BCUT2D eigenvalue weighted by Gasteiger charge is -2.06. The molecule has 1 heterocycles. The highest BCUT2D eigenvalue weighted by molar-refractivity contribution is 5.73. The van der Waals surface area contributed by atoms with E-state index in [0.717, 1.165) is 18.7 Å². The summed E-state index contributed by atoms with van der Waals surface area (Å²) in [7, 11) is 0. The Morgan fingerprint density at radius 1 is 1.47 bits per heavy atom. The Labute approximate surface area is 89.4 Å². The average molecular weight is 205 g/mol. The molecule has 3 heteroatoms. The van der Waals surface area contributed by atoms with Crippen LogP contribution in [0.15, 0.2) is 18.2 Å². The lowest BCUT2D eigenvalue weighted by atomic mass is 10.0. The first kappa shape index (κ1) is 10.2. The monoisotopic (exact) mass is 205 g/mol. The number of fused-ring (bicyclic) bond motifs is 1. The SMILES string of the molecule is CCOC(=O)Cc1cccc2c1CNC2. The predicted molar refractivity (Wildman–Crippen MR) is 57.3 cm³/mol. The van der Waals surface area contributed by atoms with E-state index in [1.807, 2.05) is 19.1 Å². The normalized spacial score (nSPS) is 13.7. The van der Waals surface area contributed by atoms with Crippen LogP contribution in [0.25, 0.3) is 0 Å². The van der Waals surface area contributed by atoms with Crippen molar-refractivity contribution in [1.82, 2.24) is 5.32 Å². The molecular weight excluding hydrogens is 190 g/mol. The zero-order valence-electron chi connectivity index (χ0n) is 8.88. The van der Waals surface area contributed by atoms with Gasteiger partial charge in [-0.15, -0.1) is 0 Å². The second-order valence-corrected chi connectivity index (χ2v) is 3.64. The van der Waals surface area contributed by atoms with Crippen molar-refractivity contribution in [3.63, 3.8) is 0 Å². The molecule has 0 aliphatic carbocycles. The van der Waals surface area contributed by atoms with Gasteiger partial charge >= 0.3 is 5.97 Å². The van der Waals surface area contributed by atoms with Crippen LogP contribution in [0.5, 0.6) is 0 Å². The van der Waals surface area contributed by atoms with Crippen molar-refractivity contribution in [1.29, 1.82) is 0 Å². The molecule has 2 rings (SSSR count). The van der Waals surface area contributed by atoms with Crippen molar-refractivity contribution in [2.45, 2.75) is 26.4 Å². The Morgan fingerprint density at radius 3 is 3.13 bits per heavy atom. The summed E-state index contributed by atoms with van der Waals surface area (Å²) in [6.45, 7) is 4.05. The van der Waals surface area contributed by atoms with E-state index in [4.69, 9.17) is 4.74 Å². The molecule has 0 radical (unpaired) electrons. The second-order valence-electron chi connectivity index (χ2n) is 3.64. The largest absolute Gasteiger partial charge is 0.466 e. The van der Waals surface area contributed by atoms with E-state index in [2.05, 4.69) is 11.4 Å². The van der Waals surface area contributed by atoms with Crippen LogP contribution in [-0.4, -0.2) is 12.6 Å². The quantitative estimate of drug-likeness (QED) is 0.758. The van der Waals surface area contributed by atoms with Gasteiger partial charge in [-0.2, -0.15) is 0 Å². The third-order valence-electron chi connectivity index (χ3n) is 2.63. The summed E-state index contributed by atoms with van der Waals surface area (Å²) in [5, 5.41) is 3.28. The van der Waals surface area contributed by atoms with Crippen LogP contribution in [0.3, 0.4) is 0 Å². The van der Waals surface area contributed by atoms with Crippen molar-refractivity contribution < 1.29 is 9.53 Å². The van der Waals surface area contributed by atoms with Crippen molar-refractivity contribution in [2.24, 2.45) is 0 Å². The number of nitrogens with one attached hydrogen (secondary N) is 1. The second kappa shape index (κ2) is 4.45. The van der Waals surface area contributed by atoms with Crippen LogP contribution in [0.4, 0.5) is 0 Å². The Kier molecular flexibility index (Phi) is 3.02. The Morgan fingerprint density at radius 2 is 2.33 bits per heavy atom. The minimum absolute atomic E-state index is 0.141. The third kappa shape index (κ3) is 2.18. The van der Waals surface area contributed by atoms with Gasteiger partial charge in [0.25, 0.3) is 0 Å². The fraction of sp³-hybridized carbons (Fsp3) is 0.417. The van der Waals surface area contributed by atoms with Crippen LogP contribution in [-0.2, 0) is 29.0 Å². The molecule has 0 amide bonds. The summed E-state index contributed by atoms with van der Waals surface area (Å²) in [5.41, 5.74) is 3.67. The van der Waals surface area contributed by atoms with Crippen molar-refractivity contribution >= 4 is 5.97 Å². The van der Waals surface area contributed by atoms with Crippen LogP contribution in [0.2, 0.25) is 0 Å². The minimum Gasteiger partial charge on any atom is -0.466 e. The van der Waals surface area contributed by atoms with Gasteiger partial charge < -0.3 is 10.1 Å². The summed E-state index contributed by atoms with van der Waals surface area (Å²) in [5.74, 6) is -0.141. The van der Waals surface area contributed by atoms with Gasteiger partial charge in [-0.25, -0.2) is 0 Å². The molecule has 80 valence electrons. The number of hydrogen-bond donors (Lipinski definition) is 1. The molecule has 1 aromatic carbocycles. The Balaban J connectivity index is 2.15. The van der Waals surface area contributed by atoms with Gasteiger partial charge in [0, 0.05) is 13.1 Å². The summed E-state index contributed by atoms with van der Waals surface area (Å²) in [4.78, 5) is 11.4. The zero-order chi connectivity index (χ0) is 10.7. The molecule has 1 aromatic rings. The molecule has 0 unspecified atom stereocenters. The fourth-order valence-corrected chi connectivity index (χ4v) is 1.94. The zero-order valence-corrected chi connectivity index (χ0v) is 8.88. The first-order valence-electron chi connectivity index (χ1n) is 5.27. The van der Waals surface area contributed by atoms with Crippen molar-refractivity contribution in [2.75, 3.05) is 6.61 Å². The smallest absolute Gasteiger partial charge is 0.310 e. The van der Waals surface area contributed by atoms with Crippen molar-refractivity contribution in [3.05, 3.63) is 34.9 Å². The number of esters is 1. The summed E-state index contributed by atoms with van der Waals surface area (Å²) in [6.07, 6.45) is 0.388. The predicted octanol–water partition coefficient (Wildman–Crippen LogP) is 1.40. The number of benzene rings is 1. The van der Waals surface area contributed by atoms with E-state index in [-0.39, 0.29) is 5.97 Å². The van der Waals surface area contributed by atoms with Crippen molar-refractivity contribution in [3.8, 4) is 0 Å². The molecule has 1 aliphatic heterocycles. The Hall–Kier alpha value is -1.35. The number of ether oxygens (including phenoxy) is 1. The number of rotatable bonds is 3. The van der Waals surface area contributed by atoms with Gasteiger partial charge in [0.2, 0.25) is 0 Å². The number of hydrogen-bond acceptors (Lipinski definition) is 3. The molecule has 0 saturated carbocycles. The van der Waals surface area contributed by atoms with Crippen LogP contribution in [0, 0.1) is 0 Å². The average Bonchev–Trinajstić information content (AvgIpc) is 2.67. The first-order chi connectivity index (χ1) is 7.31. The van der Waals surface area contributed by atoms with Gasteiger partial charge in [0.05, 0.1) is 13.0 Å². The van der Waals surface area contributed by atoms with E-state index < -0.39 is 0 Å². The maximum Gasteiger partial charge on any atom is 0.310 e. The molecule has 0 spiro atoms. The maximum absolute atomic E-state index is 11.4. The van der Waals surface area contributed by atoms with Gasteiger partial charge in [-0.3, -0.25) is 4.79 Å². The van der Waals surface area contributed by atoms with E-state index >= 15 is 0 Å². The van der Waals surface area contributed by atoms with E-state index in [0.29, 0.717) is 13.0 Å². The lowest BCUT2D eigenvalue weighted by molar-refractivity contribution is -0.142. The molecule has 1 N–H and O–H groups in total. The minimum atomic E-state index is -0.141. The molecule has 0 fully saturated rings. The van der Waals surface area contributed by atoms with Crippen LogP contribution in [0.1, 0.15) is 23.6 Å². The van der Waals surface area contributed by atoms with E-state index in [1.54, 1.807) is 0 Å². The number of carbonyl (C=O) groups excluding carboxylic acids is 1. The molecule has 0 atom stereocenters. The number of carbonyl (C=O) groups is 1. The maximum atomic E-state index is 11.4. The summed E-state index contributed by atoms with van der Waals surface area (Å²) in [6, 6.07) is 6.10. The fourth-order valence-electron chi connectivity index (χ4n) is 1.94. The molecule has 1 aliphatic rings. The standard InChI is InChI=1S/C12H15NO2/c1-2-15-12(14)6-9-4-3-5-10-7-13-8-11(9)10/h3-5,13H,2,6-8H2,1H3. The summed E-state index contributed by atoms with van der Waals surface area (Å²) < 4.78 is 4.95. The Bertz CT molecular complexity index is 374. The van der Waals surface area contributed by atoms with Gasteiger partial charge in [-0.05, 0) is 23.6 Å². The van der Waals surface area contributed by atoms with Gasteiger partial charge in [0.1, 0.15) is 0 Å². The highest BCUT2D eigenvalue weighted by atomic mass is 16.5. The topological polar surface area (TPSA) is 38.3 Å². The highest BCUT2D eigenvalue weighted by Crippen LogP contribution is 2.20. The highest BCUT2D eigenvalue weighted by Gasteiger charge is 2.15. The van der Waals surface area contributed by atoms with Crippen LogP contribution >= 0.6 is 0 Å². The van der Waals surface area contributed by atoms with Crippen LogP contribution < -0.4 is 5.32 Å². The molecule has 0 bridgehead atoms. The molecule has 3 nitrogen and oxygen atoms in total.